The SMILES string of the molecule is C[C@H](NP(=O)(OC[C@]1(C#N)C[C@@H](O)[C@H](c2ccc3c(N)ncnn23)O1)Oc1ccccc1)C(=O)OCC(CO)CO. The van der Waals surface area contributed by atoms with E-state index in [1.807, 2.05) is 6.07 Å². The summed E-state index contributed by atoms with van der Waals surface area (Å²) in [5.74, 6) is -1.15. The molecule has 6 N–H and O–H groups in total. The Bertz CT molecular complexity index is 1430. The quantitative estimate of drug-likeness (QED) is 0.137. The Kier molecular flexibility index (Phi) is 9.57. The van der Waals surface area contributed by atoms with Gasteiger partial charge in [-0.2, -0.15) is 15.4 Å². The molecule has 1 saturated heterocycles. The number of carbonyl (C=O) groups excluding carboxylic acids is 1. The zero-order valence-corrected chi connectivity index (χ0v) is 23.0. The summed E-state index contributed by atoms with van der Waals surface area (Å²) in [6.45, 7) is -0.304. The Labute approximate surface area is 235 Å². The van der Waals surface area contributed by atoms with E-state index in [-0.39, 0.29) is 24.6 Å². The molecule has 0 radical (unpaired) electrons. The van der Waals surface area contributed by atoms with Gasteiger partial charge in [0.15, 0.2) is 11.4 Å². The third kappa shape index (κ3) is 7.00. The van der Waals surface area contributed by atoms with Crippen molar-refractivity contribution >= 4 is 25.1 Å². The second-order valence-corrected chi connectivity index (χ2v) is 11.2. The topological polar surface area (TPSA) is 224 Å². The standard InChI is InChI=1S/C25H31N6O9P/c1-16(24(35)37-12-17(10-32)11-33)30-41(36,40-18-5-3-2-4-6-18)38-14-25(13-26)9-21(34)22(39-25)19-7-8-20-23(27)28-15-29-31(19)20/h2-8,15-17,21-22,32-34H,9-12,14H2,1H3,(H,30,36)(H2,27,28,29)/t16-,21+,22-,25+,41?/m0/s1. The number of aromatic nitrogens is 3. The molecule has 0 amide bonds. The summed E-state index contributed by atoms with van der Waals surface area (Å²) in [6.07, 6.45) is -1.11. The fraction of sp³-hybridized carbons (Fsp3) is 0.440. The van der Waals surface area contributed by atoms with Crippen molar-refractivity contribution in [3.05, 3.63) is 54.5 Å². The van der Waals surface area contributed by atoms with Crippen molar-refractivity contribution in [1.82, 2.24) is 19.7 Å². The molecule has 1 aliphatic heterocycles. The lowest BCUT2D eigenvalue weighted by atomic mass is 10.0. The predicted octanol–water partition coefficient (Wildman–Crippen LogP) is 0.722. The molecule has 1 fully saturated rings. The van der Waals surface area contributed by atoms with Gasteiger partial charge in [-0.1, -0.05) is 18.2 Å². The zero-order valence-electron chi connectivity index (χ0n) is 22.1. The van der Waals surface area contributed by atoms with Gasteiger partial charge >= 0.3 is 13.7 Å². The van der Waals surface area contributed by atoms with Crippen molar-refractivity contribution in [3.8, 4) is 11.8 Å². The van der Waals surface area contributed by atoms with Gasteiger partial charge in [-0.15, -0.1) is 0 Å². The van der Waals surface area contributed by atoms with Crippen LogP contribution in [0.5, 0.6) is 5.75 Å². The number of fused-ring (bicyclic) bond motifs is 1. The van der Waals surface area contributed by atoms with Crippen LogP contribution in [0, 0.1) is 17.2 Å². The molecule has 4 rings (SSSR count). The molecule has 220 valence electrons. The molecule has 0 saturated carbocycles. The Morgan fingerprint density at radius 1 is 1.32 bits per heavy atom. The fourth-order valence-electron chi connectivity index (χ4n) is 4.14. The third-order valence-electron chi connectivity index (χ3n) is 6.37. The van der Waals surface area contributed by atoms with E-state index in [1.165, 1.54) is 29.9 Å². The highest BCUT2D eigenvalue weighted by Gasteiger charge is 2.50. The van der Waals surface area contributed by atoms with Crippen molar-refractivity contribution in [2.45, 2.75) is 37.2 Å². The molecule has 3 aromatic rings. The highest BCUT2D eigenvalue weighted by atomic mass is 31.2. The van der Waals surface area contributed by atoms with Crippen LogP contribution in [0.1, 0.15) is 25.1 Å². The van der Waals surface area contributed by atoms with Gasteiger partial charge < -0.3 is 35.1 Å². The van der Waals surface area contributed by atoms with Gasteiger partial charge in [-0.05, 0) is 31.2 Å². The number of carbonyl (C=O) groups is 1. The first kappa shape index (κ1) is 30.4. The van der Waals surface area contributed by atoms with Gasteiger partial charge in [0.1, 0.15) is 42.4 Å². The molecule has 41 heavy (non-hydrogen) atoms. The number of hydrogen-bond acceptors (Lipinski definition) is 13. The molecule has 5 atom stereocenters. The molecule has 1 aliphatic rings. The number of esters is 1. The maximum absolute atomic E-state index is 13.9. The van der Waals surface area contributed by atoms with Crippen LogP contribution in [-0.2, 0) is 23.4 Å². The minimum atomic E-state index is -4.37. The van der Waals surface area contributed by atoms with E-state index in [0.29, 0.717) is 11.2 Å². The van der Waals surface area contributed by atoms with Crippen LogP contribution in [0.2, 0.25) is 0 Å². The average Bonchev–Trinajstić information content (AvgIpc) is 3.54. The minimum absolute atomic E-state index is 0.151. The molecule has 16 heteroatoms. The normalized spacial score (nSPS) is 22.7. The molecular weight excluding hydrogens is 559 g/mol. The Hall–Kier alpha value is -3.61. The van der Waals surface area contributed by atoms with Crippen molar-refractivity contribution in [2.75, 3.05) is 32.2 Å². The fourth-order valence-corrected chi connectivity index (χ4v) is 5.67. The number of aliphatic hydroxyl groups excluding tert-OH is 3. The lowest BCUT2D eigenvalue weighted by Crippen LogP contribution is -2.38. The molecule has 2 aromatic heterocycles. The van der Waals surface area contributed by atoms with Crippen molar-refractivity contribution in [3.63, 3.8) is 0 Å². The van der Waals surface area contributed by atoms with E-state index in [2.05, 4.69) is 15.2 Å². The van der Waals surface area contributed by atoms with Crippen molar-refractivity contribution in [2.24, 2.45) is 5.92 Å². The average molecular weight is 591 g/mol. The molecule has 15 nitrogen and oxygen atoms in total. The molecule has 1 unspecified atom stereocenters. The number of benzene rings is 1. The number of anilines is 1. The smallest absolute Gasteiger partial charge is 0.459 e. The largest absolute Gasteiger partial charge is 0.464 e. The van der Waals surface area contributed by atoms with Crippen molar-refractivity contribution in [1.29, 1.82) is 5.26 Å². The highest BCUT2D eigenvalue weighted by molar-refractivity contribution is 7.52. The Morgan fingerprint density at radius 3 is 2.73 bits per heavy atom. The first-order valence-corrected chi connectivity index (χ1v) is 14.2. The number of nitrogens with one attached hydrogen (secondary N) is 1. The van der Waals surface area contributed by atoms with Gasteiger partial charge in [-0.25, -0.2) is 14.1 Å². The van der Waals surface area contributed by atoms with Crippen LogP contribution in [0.15, 0.2) is 48.8 Å². The molecule has 3 heterocycles. The Balaban J connectivity index is 1.51. The molecule has 1 aromatic carbocycles. The van der Waals surface area contributed by atoms with Crippen LogP contribution >= 0.6 is 7.75 Å². The number of ether oxygens (including phenoxy) is 2. The number of nitrogens with zero attached hydrogens (tertiary/aromatic N) is 4. The van der Waals surface area contributed by atoms with Crippen LogP contribution in [0.4, 0.5) is 5.82 Å². The minimum Gasteiger partial charge on any atom is -0.464 e. The second kappa shape index (κ2) is 12.9. The van der Waals surface area contributed by atoms with E-state index < -0.39 is 63.3 Å². The summed E-state index contributed by atoms with van der Waals surface area (Å²) in [4.78, 5) is 16.5. The first-order chi connectivity index (χ1) is 19.6. The molecular formula is C25H31N6O9P. The van der Waals surface area contributed by atoms with E-state index in [1.54, 1.807) is 30.3 Å². The lowest BCUT2D eigenvalue weighted by molar-refractivity contribution is -0.147. The number of para-hydroxylation sites is 1. The van der Waals surface area contributed by atoms with Gasteiger partial charge in [0.2, 0.25) is 0 Å². The number of nitrogen functional groups attached to an aromatic ring is 1. The molecule has 0 spiro atoms. The summed E-state index contributed by atoms with van der Waals surface area (Å²) in [6, 6.07) is 12.1. The van der Waals surface area contributed by atoms with E-state index in [4.69, 9.17) is 24.3 Å². The summed E-state index contributed by atoms with van der Waals surface area (Å²) in [7, 11) is -4.37. The van der Waals surface area contributed by atoms with Gasteiger partial charge in [-0.3, -0.25) is 9.32 Å². The van der Waals surface area contributed by atoms with Crippen LogP contribution in [-0.4, -0.2) is 80.1 Å². The second-order valence-electron chi connectivity index (χ2n) is 9.50. The lowest BCUT2D eigenvalue weighted by Gasteiger charge is -2.27. The monoisotopic (exact) mass is 590 g/mol. The summed E-state index contributed by atoms with van der Waals surface area (Å²) < 4.78 is 37.6. The number of rotatable bonds is 13. The summed E-state index contributed by atoms with van der Waals surface area (Å²) >= 11 is 0. The first-order valence-electron chi connectivity index (χ1n) is 12.6. The van der Waals surface area contributed by atoms with Gasteiger partial charge in [0.05, 0.1) is 31.6 Å². The van der Waals surface area contributed by atoms with Gasteiger partial charge in [0, 0.05) is 12.3 Å². The summed E-state index contributed by atoms with van der Waals surface area (Å²) in [5.41, 5.74) is 5.05. The number of aliphatic hydroxyl groups is 3. The van der Waals surface area contributed by atoms with E-state index >= 15 is 0 Å². The number of nitriles is 1. The van der Waals surface area contributed by atoms with Crippen LogP contribution < -0.4 is 15.3 Å². The predicted molar refractivity (Wildman–Crippen MR) is 142 cm³/mol. The number of nitrogens with two attached hydrogens (primary N) is 1. The maximum atomic E-state index is 13.9. The highest BCUT2D eigenvalue weighted by Crippen LogP contribution is 2.48. The number of hydrogen-bond donors (Lipinski definition) is 5. The summed E-state index contributed by atoms with van der Waals surface area (Å²) in [5, 5.41) is 45.9. The zero-order chi connectivity index (χ0) is 29.6. The van der Waals surface area contributed by atoms with Crippen molar-refractivity contribution < 1.29 is 43.2 Å². The van der Waals surface area contributed by atoms with E-state index in [0.717, 1.165) is 0 Å². The Morgan fingerprint density at radius 2 is 2.05 bits per heavy atom. The third-order valence-corrected chi connectivity index (χ3v) is 7.99. The van der Waals surface area contributed by atoms with E-state index in [9.17, 15) is 29.9 Å². The van der Waals surface area contributed by atoms with Crippen LogP contribution in [0.3, 0.4) is 0 Å². The van der Waals surface area contributed by atoms with Crippen LogP contribution in [0.25, 0.3) is 5.52 Å². The maximum Gasteiger partial charge on any atom is 0.459 e. The molecule has 0 aliphatic carbocycles. The molecule has 0 bridgehead atoms. The van der Waals surface area contributed by atoms with Gasteiger partial charge in [0.25, 0.3) is 0 Å².